The van der Waals surface area contributed by atoms with Crippen LogP contribution in [0.5, 0.6) is 0 Å². The van der Waals surface area contributed by atoms with Gasteiger partial charge in [0, 0.05) is 20.8 Å². The summed E-state index contributed by atoms with van der Waals surface area (Å²) in [6.07, 6.45) is 1.98. The molecule has 0 radical (unpaired) electrons. The minimum absolute atomic E-state index is 0.541. The van der Waals surface area contributed by atoms with E-state index in [1.165, 1.54) is 5.56 Å². The van der Waals surface area contributed by atoms with Gasteiger partial charge in [-0.15, -0.1) is 0 Å². The topological polar surface area (TPSA) is 27.7 Å². The minimum atomic E-state index is -0.541. The summed E-state index contributed by atoms with van der Waals surface area (Å²) in [6.45, 7) is 0.640. The lowest BCUT2D eigenvalue weighted by Gasteiger charge is -2.08. The largest absolute Gasteiger partial charge is 0.639 e. The first-order valence-electron chi connectivity index (χ1n) is 5.08. The molecule has 0 unspecified atom stereocenters. The first-order valence-corrected chi connectivity index (χ1v) is 5.08. The molecule has 0 N–H and O–H groups in total. The zero-order chi connectivity index (χ0) is 10.9. The Labute approximate surface area is 91.5 Å². The maximum Gasteiger partial charge on any atom is 0.639 e. The van der Waals surface area contributed by atoms with Crippen LogP contribution in [-0.4, -0.2) is 28.1 Å². The molecule has 15 heavy (non-hydrogen) atoms. The zero-order valence-corrected chi connectivity index (χ0v) is 9.31. The summed E-state index contributed by atoms with van der Waals surface area (Å²) >= 11 is 0. The van der Waals surface area contributed by atoms with E-state index >= 15 is 0 Å². The first kappa shape index (κ1) is 12.2. The standard InChI is InChI=1S/C11H17BO3/c1-13-12(14-2)15-10-6-9-11-7-4-3-5-8-11/h3-5,7-8H,6,9-10H2,1-2H3. The molecule has 0 aliphatic rings. The third-order valence-corrected chi connectivity index (χ3v) is 2.09. The smallest absolute Gasteiger partial charge is 0.389 e. The molecule has 3 nitrogen and oxygen atoms in total. The Balaban J connectivity index is 2.12. The van der Waals surface area contributed by atoms with Gasteiger partial charge < -0.3 is 14.0 Å². The Hall–Kier alpha value is -0.835. The van der Waals surface area contributed by atoms with Gasteiger partial charge in [-0.25, -0.2) is 0 Å². The van der Waals surface area contributed by atoms with Crippen LogP contribution in [0.3, 0.4) is 0 Å². The molecular weight excluding hydrogens is 191 g/mol. The van der Waals surface area contributed by atoms with Crippen LogP contribution in [0.1, 0.15) is 12.0 Å². The van der Waals surface area contributed by atoms with Crippen LogP contribution in [0, 0.1) is 0 Å². The van der Waals surface area contributed by atoms with Crippen molar-refractivity contribution in [1.82, 2.24) is 0 Å². The van der Waals surface area contributed by atoms with Crippen molar-refractivity contribution in [3.63, 3.8) is 0 Å². The summed E-state index contributed by atoms with van der Waals surface area (Å²) in [5.74, 6) is 0. The highest BCUT2D eigenvalue weighted by Crippen LogP contribution is 2.02. The van der Waals surface area contributed by atoms with Crippen LogP contribution < -0.4 is 0 Å². The van der Waals surface area contributed by atoms with E-state index in [1.54, 1.807) is 14.2 Å². The van der Waals surface area contributed by atoms with E-state index in [4.69, 9.17) is 14.0 Å². The molecule has 0 saturated heterocycles. The maximum absolute atomic E-state index is 5.32. The van der Waals surface area contributed by atoms with Crippen molar-refractivity contribution in [2.75, 3.05) is 20.8 Å². The first-order chi connectivity index (χ1) is 7.36. The van der Waals surface area contributed by atoms with Gasteiger partial charge in [-0.05, 0) is 18.4 Å². The minimum Gasteiger partial charge on any atom is -0.389 e. The van der Waals surface area contributed by atoms with Crippen molar-refractivity contribution < 1.29 is 14.0 Å². The SMILES string of the molecule is COB(OC)OCCCc1ccccc1. The highest BCUT2D eigenvalue weighted by molar-refractivity contribution is 6.36. The van der Waals surface area contributed by atoms with Crippen molar-refractivity contribution in [3.8, 4) is 0 Å². The molecule has 1 aromatic carbocycles. The Morgan fingerprint density at radius 1 is 1.07 bits per heavy atom. The van der Waals surface area contributed by atoms with Crippen LogP contribution in [0.4, 0.5) is 0 Å². The fourth-order valence-corrected chi connectivity index (χ4v) is 1.33. The van der Waals surface area contributed by atoms with Gasteiger partial charge >= 0.3 is 7.32 Å². The Kier molecular flexibility index (Phi) is 6.08. The molecule has 0 bridgehead atoms. The van der Waals surface area contributed by atoms with Crippen molar-refractivity contribution in [1.29, 1.82) is 0 Å². The monoisotopic (exact) mass is 208 g/mol. The normalized spacial score (nSPS) is 10.3. The maximum atomic E-state index is 5.32. The highest BCUT2D eigenvalue weighted by Gasteiger charge is 2.15. The average Bonchev–Trinajstić information content (AvgIpc) is 2.31. The van der Waals surface area contributed by atoms with Crippen LogP contribution in [-0.2, 0) is 20.4 Å². The zero-order valence-electron chi connectivity index (χ0n) is 9.31. The third-order valence-electron chi connectivity index (χ3n) is 2.09. The Morgan fingerprint density at radius 2 is 1.73 bits per heavy atom. The van der Waals surface area contributed by atoms with E-state index in [1.807, 2.05) is 18.2 Å². The molecule has 0 atom stereocenters. The van der Waals surface area contributed by atoms with Gasteiger partial charge in [0.15, 0.2) is 0 Å². The quantitative estimate of drug-likeness (QED) is 0.506. The number of rotatable bonds is 7. The summed E-state index contributed by atoms with van der Waals surface area (Å²) in [6, 6.07) is 10.3. The molecule has 82 valence electrons. The molecule has 0 aliphatic carbocycles. The van der Waals surface area contributed by atoms with E-state index in [0.29, 0.717) is 6.61 Å². The molecule has 0 fully saturated rings. The molecule has 0 amide bonds. The fraction of sp³-hybridized carbons (Fsp3) is 0.455. The predicted molar refractivity (Wildman–Crippen MR) is 60.5 cm³/mol. The lowest BCUT2D eigenvalue weighted by Crippen LogP contribution is -2.24. The predicted octanol–water partition coefficient (Wildman–Crippen LogP) is 1.91. The van der Waals surface area contributed by atoms with Gasteiger partial charge in [-0.2, -0.15) is 0 Å². The number of benzene rings is 1. The molecule has 1 aromatic rings. The van der Waals surface area contributed by atoms with Crippen LogP contribution in [0.25, 0.3) is 0 Å². The van der Waals surface area contributed by atoms with E-state index in [0.717, 1.165) is 12.8 Å². The molecule has 1 rings (SSSR count). The van der Waals surface area contributed by atoms with Gasteiger partial charge in [-0.1, -0.05) is 30.3 Å². The number of hydrogen-bond acceptors (Lipinski definition) is 3. The van der Waals surface area contributed by atoms with E-state index < -0.39 is 7.32 Å². The second-order valence-electron chi connectivity index (χ2n) is 3.22. The second-order valence-corrected chi connectivity index (χ2v) is 3.22. The molecule has 0 saturated carbocycles. The fourth-order valence-electron chi connectivity index (χ4n) is 1.33. The molecule has 0 spiro atoms. The Bertz CT molecular complexity index is 249. The van der Waals surface area contributed by atoms with Gasteiger partial charge in [-0.3, -0.25) is 0 Å². The highest BCUT2D eigenvalue weighted by atomic mass is 16.7. The van der Waals surface area contributed by atoms with Crippen molar-refractivity contribution in [2.45, 2.75) is 12.8 Å². The van der Waals surface area contributed by atoms with Gasteiger partial charge in [0.1, 0.15) is 0 Å². The second kappa shape index (κ2) is 7.46. The van der Waals surface area contributed by atoms with E-state index in [9.17, 15) is 0 Å². The Morgan fingerprint density at radius 3 is 2.33 bits per heavy atom. The van der Waals surface area contributed by atoms with Gasteiger partial charge in [0.25, 0.3) is 0 Å². The third kappa shape index (κ3) is 4.97. The van der Waals surface area contributed by atoms with Crippen molar-refractivity contribution in [2.24, 2.45) is 0 Å². The van der Waals surface area contributed by atoms with Gasteiger partial charge in [0.05, 0.1) is 0 Å². The number of aryl methyl sites for hydroxylation is 1. The van der Waals surface area contributed by atoms with Crippen molar-refractivity contribution >= 4 is 7.32 Å². The van der Waals surface area contributed by atoms with Gasteiger partial charge in [0.2, 0.25) is 0 Å². The molecule has 0 heterocycles. The summed E-state index contributed by atoms with van der Waals surface area (Å²) in [5, 5.41) is 0. The number of hydrogen-bond donors (Lipinski definition) is 0. The molecule has 0 aliphatic heterocycles. The van der Waals surface area contributed by atoms with Crippen molar-refractivity contribution in [3.05, 3.63) is 35.9 Å². The summed E-state index contributed by atoms with van der Waals surface area (Å²) < 4.78 is 15.1. The average molecular weight is 208 g/mol. The molecule has 4 heteroatoms. The molecular formula is C11H17BO3. The summed E-state index contributed by atoms with van der Waals surface area (Å²) in [4.78, 5) is 0. The van der Waals surface area contributed by atoms with E-state index in [2.05, 4.69) is 12.1 Å². The van der Waals surface area contributed by atoms with Crippen LogP contribution in [0.2, 0.25) is 0 Å². The summed E-state index contributed by atoms with van der Waals surface area (Å²) in [7, 11) is 2.58. The molecule has 0 aromatic heterocycles. The lowest BCUT2D eigenvalue weighted by molar-refractivity contribution is 0.134. The van der Waals surface area contributed by atoms with E-state index in [-0.39, 0.29) is 0 Å². The van der Waals surface area contributed by atoms with Crippen LogP contribution in [0.15, 0.2) is 30.3 Å². The summed E-state index contributed by atoms with van der Waals surface area (Å²) in [5.41, 5.74) is 1.33. The lowest BCUT2D eigenvalue weighted by atomic mass is 10.1. The van der Waals surface area contributed by atoms with Crippen LogP contribution >= 0.6 is 0 Å².